The monoisotopic (exact) mass is 230 g/mol. The molecule has 0 aromatic rings. The van der Waals surface area contributed by atoms with Crippen molar-refractivity contribution in [2.45, 2.75) is 6.92 Å². The first-order valence-corrected chi connectivity index (χ1v) is 5.35. The summed E-state index contributed by atoms with van der Waals surface area (Å²) < 4.78 is 10.1. The number of esters is 1. The van der Waals surface area contributed by atoms with E-state index >= 15 is 0 Å². The summed E-state index contributed by atoms with van der Waals surface area (Å²) in [5.41, 5.74) is 0.297. The van der Waals surface area contributed by atoms with E-state index in [1.807, 2.05) is 0 Å². The predicted molar refractivity (Wildman–Crippen MR) is 58.3 cm³/mol. The van der Waals surface area contributed by atoms with Gasteiger partial charge in [-0.2, -0.15) is 0 Å². The molecule has 92 valence electrons. The van der Waals surface area contributed by atoms with Crippen LogP contribution < -0.4 is 0 Å². The smallest absolute Gasteiger partial charge is 0.357 e. The molecule has 0 radical (unpaired) electrons. The molecule has 0 aromatic carbocycles. The molecule has 1 rings (SSSR count). The second-order valence-corrected chi connectivity index (χ2v) is 3.33. The third-order valence-corrected chi connectivity index (χ3v) is 2.19. The van der Waals surface area contributed by atoms with Crippen molar-refractivity contribution >= 4 is 11.7 Å². The maximum absolute atomic E-state index is 11.5. The minimum atomic E-state index is -0.421. The Morgan fingerprint density at radius 2 is 2.12 bits per heavy atom. The van der Waals surface area contributed by atoms with Crippen LogP contribution in [-0.4, -0.2) is 63.1 Å². The van der Waals surface area contributed by atoms with E-state index in [4.69, 9.17) is 9.47 Å². The van der Waals surface area contributed by atoms with Gasteiger partial charge < -0.3 is 14.3 Å². The number of ether oxygens (including phenoxy) is 2. The van der Waals surface area contributed by atoms with E-state index in [9.17, 15) is 4.79 Å². The summed E-state index contributed by atoms with van der Waals surface area (Å²) in [5, 5.41) is 3.70. The van der Waals surface area contributed by atoms with Crippen LogP contribution in [0.15, 0.2) is 5.16 Å². The summed E-state index contributed by atoms with van der Waals surface area (Å²) in [7, 11) is 1.42. The van der Waals surface area contributed by atoms with E-state index in [-0.39, 0.29) is 0 Å². The van der Waals surface area contributed by atoms with E-state index < -0.39 is 5.97 Å². The number of rotatable bonds is 5. The van der Waals surface area contributed by atoms with Gasteiger partial charge in [-0.1, -0.05) is 5.16 Å². The summed E-state index contributed by atoms with van der Waals surface area (Å²) in [6.45, 7) is 5.49. The van der Waals surface area contributed by atoms with E-state index in [0.717, 1.165) is 13.1 Å². The zero-order valence-corrected chi connectivity index (χ0v) is 9.77. The Morgan fingerprint density at radius 3 is 2.69 bits per heavy atom. The van der Waals surface area contributed by atoms with Gasteiger partial charge in [0.15, 0.2) is 5.71 Å². The molecule has 1 aliphatic rings. The van der Waals surface area contributed by atoms with Crippen molar-refractivity contribution in [1.82, 2.24) is 4.90 Å². The van der Waals surface area contributed by atoms with Crippen molar-refractivity contribution in [3.8, 4) is 0 Å². The molecule has 1 saturated heterocycles. The maximum atomic E-state index is 11.5. The van der Waals surface area contributed by atoms with Gasteiger partial charge in [0.2, 0.25) is 0 Å². The molecule has 0 atom stereocenters. The summed E-state index contributed by atoms with van der Waals surface area (Å²) in [6, 6.07) is 0. The molecule has 0 N–H and O–H groups in total. The molecule has 0 aromatic heterocycles. The Bertz CT molecular complexity index is 249. The van der Waals surface area contributed by atoms with Crippen LogP contribution in [0.1, 0.15) is 6.92 Å². The fraction of sp³-hybridized carbons (Fsp3) is 0.800. The average Bonchev–Trinajstić information content (AvgIpc) is 2.30. The van der Waals surface area contributed by atoms with Gasteiger partial charge in [0.25, 0.3) is 0 Å². The van der Waals surface area contributed by atoms with Gasteiger partial charge in [-0.25, -0.2) is 4.79 Å². The van der Waals surface area contributed by atoms with Gasteiger partial charge in [0.1, 0.15) is 7.11 Å². The molecule has 0 spiro atoms. The standard InChI is InChI=1S/C10H18N2O4/c1-3-16-10(13)9(11-14-2)8-12-4-6-15-7-5-12/h3-8H2,1-2H3/b11-9-. The molecule has 16 heavy (non-hydrogen) atoms. The number of morpholine rings is 1. The summed E-state index contributed by atoms with van der Waals surface area (Å²) in [6.07, 6.45) is 0. The normalized spacial score (nSPS) is 18.2. The molecule has 0 aliphatic carbocycles. The minimum Gasteiger partial charge on any atom is -0.461 e. The number of nitrogens with zero attached hydrogens (tertiary/aromatic N) is 2. The van der Waals surface area contributed by atoms with Crippen LogP contribution in [0.5, 0.6) is 0 Å². The average molecular weight is 230 g/mol. The van der Waals surface area contributed by atoms with Crippen molar-refractivity contribution in [3.05, 3.63) is 0 Å². The van der Waals surface area contributed by atoms with Gasteiger partial charge >= 0.3 is 5.97 Å². The zero-order valence-electron chi connectivity index (χ0n) is 9.77. The summed E-state index contributed by atoms with van der Waals surface area (Å²) in [5.74, 6) is -0.421. The number of carbonyl (C=O) groups is 1. The first kappa shape index (κ1) is 12.9. The molecule has 6 heteroatoms. The van der Waals surface area contributed by atoms with E-state index in [0.29, 0.717) is 32.1 Å². The van der Waals surface area contributed by atoms with Crippen LogP contribution in [0.4, 0.5) is 0 Å². The summed E-state index contributed by atoms with van der Waals surface area (Å²) >= 11 is 0. The lowest BCUT2D eigenvalue weighted by Gasteiger charge is -2.26. The highest BCUT2D eigenvalue weighted by molar-refractivity contribution is 6.37. The highest BCUT2D eigenvalue weighted by Gasteiger charge is 2.19. The number of hydrogen-bond acceptors (Lipinski definition) is 6. The predicted octanol–water partition coefficient (Wildman–Crippen LogP) is -0.116. The van der Waals surface area contributed by atoms with Crippen molar-refractivity contribution in [2.75, 3.05) is 46.6 Å². The fourth-order valence-corrected chi connectivity index (χ4v) is 1.43. The van der Waals surface area contributed by atoms with Crippen molar-refractivity contribution < 1.29 is 19.1 Å². The third kappa shape index (κ3) is 4.16. The van der Waals surface area contributed by atoms with Crippen LogP contribution in [0.2, 0.25) is 0 Å². The van der Waals surface area contributed by atoms with Crippen molar-refractivity contribution in [2.24, 2.45) is 5.16 Å². The summed E-state index contributed by atoms with van der Waals surface area (Å²) in [4.78, 5) is 18.2. The van der Waals surface area contributed by atoms with E-state index in [2.05, 4.69) is 14.9 Å². The Hall–Kier alpha value is -1.14. The second-order valence-electron chi connectivity index (χ2n) is 3.33. The topological polar surface area (TPSA) is 60.4 Å². The van der Waals surface area contributed by atoms with Gasteiger partial charge in [0.05, 0.1) is 26.4 Å². The Kier molecular flexibility index (Phi) is 5.81. The molecule has 1 fully saturated rings. The van der Waals surface area contributed by atoms with Crippen LogP contribution >= 0.6 is 0 Å². The largest absolute Gasteiger partial charge is 0.461 e. The van der Waals surface area contributed by atoms with Crippen LogP contribution in [0.25, 0.3) is 0 Å². The first-order valence-electron chi connectivity index (χ1n) is 5.35. The number of oxime groups is 1. The molecule has 0 unspecified atom stereocenters. The highest BCUT2D eigenvalue weighted by atomic mass is 16.6. The zero-order chi connectivity index (χ0) is 11.8. The van der Waals surface area contributed by atoms with Gasteiger partial charge in [0, 0.05) is 13.1 Å². The number of hydrogen-bond donors (Lipinski definition) is 0. The van der Waals surface area contributed by atoms with Gasteiger partial charge in [-0.3, -0.25) is 4.90 Å². The van der Waals surface area contributed by atoms with Crippen molar-refractivity contribution in [3.63, 3.8) is 0 Å². The van der Waals surface area contributed by atoms with Gasteiger partial charge in [-0.05, 0) is 6.92 Å². The molecule has 1 aliphatic heterocycles. The Balaban J connectivity index is 2.49. The van der Waals surface area contributed by atoms with E-state index in [1.165, 1.54) is 7.11 Å². The molecule has 0 saturated carbocycles. The SMILES string of the molecule is CCOC(=O)/C(CN1CCOCC1)=N\OC. The molecule has 6 nitrogen and oxygen atoms in total. The first-order chi connectivity index (χ1) is 7.77. The third-order valence-electron chi connectivity index (χ3n) is 2.19. The van der Waals surface area contributed by atoms with Crippen molar-refractivity contribution in [1.29, 1.82) is 0 Å². The molecular formula is C10H18N2O4. The molecule has 0 amide bonds. The lowest BCUT2D eigenvalue weighted by atomic mass is 10.3. The Morgan fingerprint density at radius 1 is 1.44 bits per heavy atom. The van der Waals surface area contributed by atoms with Crippen LogP contribution in [0.3, 0.4) is 0 Å². The fourth-order valence-electron chi connectivity index (χ4n) is 1.43. The lowest BCUT2D eigenvalue weighted by molar-refractivity contribution is -0.135. The molecular weight excluding hydrogens is 212 g/mol. The quantitative estimate of drug-likeness (QED) is 0.374. The molecule has 1 heterocycles. The van der Waals surface area contributed by atoms with E-state index in [1.54, 1.807) is 6.92 Å². The van der Waals surface area contributed by atoms with Crippen LogP contribution in [-0.2, 0) is 19.1 Å². The van der Waals surface area contributed by atoms with Crippen LogP contribution in [0, 0.1) is 0 Å². The second kappa shape index (κ2) is 7.19. The highest BCUT2D eigenvalue weighted by Crippen LogP contribution is 1.98. The minimum absolute atomic E-state index is 0.297. The lowest BCUT2D eigenvalue weighted by Crippen LogP contribution is -2.41. The molecule has 0 bridgehead atoms. The maximum Gasteiger partial charge on any atom is 0.357 e. The Labute approximate surface area is 95.1 Å². The number of carbonyl (C=O) groups excluding carboxylic acids is 1. The van der Waals surface area contributed by atoms with Gasteiger partial charge in [-0.15, -0.1) is 0 Å².